The zero-order valence-corrected chi connectivity index (χ0v) is 14.2. The van der Waals surface area contributed by atoms with Crippen LogP contribution in [0.4, 0.5) is 0 Å². The molecular formula is C16H19N7O3. The highest BCUT2D eigenvalue weighted by Crippen LogP contribution is 2.27. The van der Waals surface area contributed by atoms with Crippen molar-refractivity contribution in [3.63, 3.8) is 0 Å². The van der Waals surface area contributed by atoms with Crippen molar-refractivity contribution in [3.05, 3.63) is 35.7 Å². The fourth-order valence-corrected chi connectivity index (χ4v) is 3.26. The first-order valence-corrected chi connectivity index (χ1v) is 8.38. The summed E-state index contributed by atoms with van der Waals surface area (Å²) in [6.07, 6.45) is 3.33. The molecular weight excluding hydrogens is 338 g/mol. The van der Waals surface area contributed by atoms with Crippen LogP contribution in [0.5, 0.6) is 0 Å². The first kappa shape index (κ1) is 16.3. The monoisotopic (exact) mass is 357 g/mol. The van der Waals surface area contributed by atoms with E-state index in [-0.39, 0.29) is 36.8 Å². The minimum atomic E-state index is -0.255. The smallest absolute Gasteiger partial charge is 0.269 e. The van der Waals surface area contributed by atoms with Crippen LogP contribution in [0.2, 0.25) is 0 Å². The summed E-state index contributed by atoms with van der Waals surface area (Å²) in [4.78, 5) is 38.9. The number of aromatic amines is 2. The van der Waals surface area contributed by atoms with E-state index in [1.54, 1.807) is 17.2 Å². The number of hydrogen-bond donors (Lipinski definition) is 3. The molecule has 0 bridgehead atoms. The Morgan fingerprint density at radius 3 is 3.04 bits per heavy atom. The zero-order valence-electron chi connectivity index (χ0n) is 14.2. The molecule has 0 aliphatic carbocycles. The van der Waals surface area contributed by atoms with Crippen LogP contribution in [-0.2, 0) is 16.1 Å². The zero-order chi connectivity index (χ0) is 18.1. The van der Waals surface area contributed by atoms with Crippen LogP contribution in [-0.4, -0.2) is 68.3 Å². The van der Waals surface area contributed by atoms with Gasteiger partial charge in [-0.1, -0.05) is 5.16 Å². The van der Waals surface area contributed by atoms with Crippen LogP contribution in [0.3, 0.4) is 0 Å². The third kappa shape index (κ3) is 3.17. The van der Waals surface area contributed by atoms with Gasteiger partial charge < -0.3 is 20.0 Å². The van der Waals surface area contributed by atoms with Crippen LogP contribution >= 0.6 is 0 Å². The Labute approximate surface area is 149 Å². The maximum absolute atomic E-state index is 12.5. The second kappa shape index (κ2) is 6.62. The highest BCUT2D eigenvalue weighted by atomic mass is 16.6. The minimum Gasteiger partial charge on any atom is -0.390 e. The number of carbonyl (C=O) groups is 2. The largest absolute Gasteiger partial charge is 0.390 e. The number of nitrogens with one attached hydrogen (secondary N) is 3. The van der Waals surface area contributed by atoms with Gasteiger partial charge in [0.25, 0.3) is 5.91 Å². The number of oxime groups is 1. The Hall–Kier alpha value is -3.17. The molecule has 26 heavy (non-hydrogen) atoms. The van der Waals surface area contributed by atoms with E-state index in [1.807, 2.05) is 6.92 Å². The van der Waals surface area contributed by atoms with Crippen molar-refractivity contribution in [1.82, 2.24) is 30.4 Å². The number of aryl methyl sites for hydroxylation is 1. The van der Waals surface area contributed by atoms with Crippen molar-refractivity contribution in [1.29, 1.82) is 0 Å². The number of hydrogen-bond acceptors (Lipinski definition) is 6. The van der Waals surface area contributed by atoms with Gasteiger partial charge in [0.1, 0.15) is 11.5 Å². The van der Waals surface area contributed by atoms with Crippen LogP contribution in [0, 0.1) is 12.8 Å². The maximum atomic E-state index is 12.5. The number of fused-ring (bicyclic) bond motifs is 1. The molecule has 1 saturated heterocycles. The van der Waals surface area contributed by atoms with E-state index in [0.717, 1.165) is 17.2 Å². The van der Waals surface area contributed by atoms with Crippen molar-refractivity contribution >= 4 is 17.5 Å². The predicted octanol–water partition coefficient (Wildman–Crippen LogP) is -0.373. The maximum Gasteiger partial charge on any atom is 0.269 e. The number of rotatable bonds is 5. The summed E-state index contributed by atoms with van der Waals surface area (Å²) < 4.78 is 0. The van der Waals surface area contributed by atoms with E-state index in [0.29, 0.717) is 18.8 Å². The van der Waals surface area contributed by atoms with Crippen LogP contribution in [0.1, 0.15) is 22.0 Å². The molecule has 0 spiro atoms. The van der Waals surface area contributed by atoms with Gasteiger partial charge in [0.05, 0.1) is 31.1 Å². The van der Waals surface area contributed by atoms with Crippen molar-refractivity contribution in [2.75, 3.05) is 19.6 Å². The van der Waals surface area contributed by atoms with Crippen LogP contribution in [0.15, 0.2) is 23.6 Å². The Bertz CT molecular complexity index is 842. The molecule has 2 aromatic rings. The lowest BCUT2D eigenvalue weighted by atomic mass is 10.0. The SMILES string of the molecule is Cc1ncc(CC(=O)N2CC3ON=C(CNC(=O)c4ccn[nH]4)C3C2)[nH]1. The number of imidazole rings is 1. The average molecular weight is 357 g/mol. The second-order valence-electron chi connectivity index (χ2n) is 6.46. The van der Waals surface area contributed by atoms with Gasteiger partial charge in [-0.05, 0) is 13.0 Å². The van der Waals surface area contributed by atoms with Gasteiger partial charge in [0.2, 0.25) is 5.91 Å². The fraction of sp³-hybridized carbons (Fsp3) is 0.438. The topological polar surface area (TPSA) is 128 Å². The molecule has 2 aromatic heterocycles. The molecule has 0 saturated carbocycles. The quantitative estimate of drug-likeness (QED) is 0.672. The number of nitrogens with zero attached hydrogens (tertiary/aromatic N) is 4. The number of H-pyrrole nitrogens is 2. The lowest BCUT2D eigenvalue weighted by molar-refractivity contribution is -0.130. The van der Waals surface area contributed by atoms with Gasteiger partial charge in [-0.25, -0.2) is 4.98 Å². The molecule has 10 heteroatoms. The fourth-order valence-electron chi connectivity index (χ4n) is 3.26. The standard InChI is InChI=1S/C16H19N7O3/c1-9-17-5-10(20-9)4-15(24)23-7-11-13(22-26-14(11)8-23)6-18-16(25)12-2-3-19-21-12/h2-3,5,11,14H,4,6-8H2,1H3,(H,17,20)(H,18,25)(H,19,21). The molecule has 0 radical (unpaired) electrons. The molecule has 136 valence electrons. The molecule has 4 rings (SSSR count). The summed E-state index contributed by atoms with van der Waals surface area (Å²) in [5.74, 6) is 0.558. The van der Waals surface area contributed by atoms with Crippen LogP contribution < -0.4 is 5.32 Å². The molecule has 2 aliphatic rings. The highest BCUT2D eigenvalue weighted by Gasteiger charge is 2.43. The van der Waals surface area contributed by atoms with Gasteiger partial charge in [-0.3, -0.25) is 14.7 Å². The summed E-state index contributed by atoms with van der Waals surface area (Å²) in [7, 11) is 0. The number of likely N-dealkylation sites (tertiary alicyclic amines) is 1. The van der Waals surface area contributed by atoms with Crippen molar-refractivity contribution in [2.24, 2.45) is 11.1 Å². The minimum absolute atomic E-state index is 0.00418. The first-order valence-electron chi connectivity index (χ1n) is 8.38. The average Bonchev–Trinajstić information content (AvgIpc) is 3.38. The van der Waals surface area contributed by atoms with Gasteiger partial charge in [-0.15, -0.1) is 0 Å². The molecule has 0 aromatic carbocycles. The van der Waals surface area contributed by atoms with Crippen molar-refractivity contribution in [3.8, 4) is 0 Å². The summed E-state index contributed by atoms with van der Waals surface area (Å²) in [5.41, 5.74) is 1.93. The van der Waals surface area contributed by atoms with E-state index < -0.39 is 0 Å². The highest BCUT2D eigenvalue weighted by molar-refractivity contribution is 5.98. The second-order valence-corrected chi connectivity index (χ2v) is 6.46. The third-order valence-electron chi connectivity index (χ3n) is 4.62. The van der Waals surface area contributed by atoms with E-state index >= 15 is 0 Å². The van der Waals surface area contributed by atoms with Crippen molar-refractivity contribution < 1.29 is 14.4 Å². The summed E-state index contributed by atoms with van der Waals surface area (Å²) in [5, 5.41) is 13.2. The van der Waals surface area contributed by atoms with Crippen LogP contribution in [0.25, 0.3) is 0 Å². The molecule has 1 fully saturated rings. The van der Waals surface area contributed by atoms with E-state index in [2.05, 4.69) is 30.6 Å². The molecule has 2 unspecified atom stereocenters. The number of aromatic nitrogens is 4. The van der Waals surface area contributed by atoms with Gasteiger partial charge in [0, 0.05) is 24.6 Å². The Morgan fingerprint density at radius 2 is 2.31 bits per heavy atom. The van der Waals surface area contributed by atoms with E-state index in [9.17, 15) is 9.59 Å². The summed E-state index contributed by atoms with van der Waals surface area (Å²) in [6.45, 7) is 3.16. The predicted molar refractivity (Wildman–Crippen MR) is 90.3 cm³/mol. The molecule has 2 amide bonds. The van der Waals surface area contributed by atoms with Gasteiger partial charge >= 0.3 is 0 Å². The Balaban J connectivity index is 1.32. The Morgan fingerprint density at radius 1 is 1.42 bits per heavy atom. The molecule has 2 aliphatic heterocycles. The van der Waals surface area contributed by atoms with Gasteiger partial charge in [-0.2, -0.15) is 5.10 Å². The van der Waals surface area contributed by atoms with Crippen molar-refractivity contribution in [2.45, 2.75) is 19.4 Å². The summed E-state index contributed by atoms with van der Waals surface area (Å²) >= 11 is 0. The normalized spacial score (nSPS) is 21.3. The number of carbonyl (C=O) groups excluding carboxylic acids is 2. The molecule has 3 N–H and O–H groups in total. The van der Waals surface area contributed by atoms with E-state index in [4.69, 9.17) is 4.84 Å². The van der Waals surface area contributed by atoms with E-state index in [1.165, 1.54) is 6.20 Å². The summed E-state index contributed by atoms with van der Waals surface area (Å²) in [6, 6.07) is 1.60. The Kier molecular flexibility index (Phi) is 4.15. The number of amides is 2. The first-order chi connectivity index (χ1) is 12.6. The van der Waals surface area contributed by atoms with Gasteiger partial charge in [0.15, 0.2) is 6.10 Å². The third-order valence-corrected chi connectivity index (χ3v) is 4.62. The lowest BCUT2D eigenvalue weighted by Crippen LogP contribution is -2.35. The lowest BCUT2D eigenvalue weighted by Gasteiger charge is -2.16. The molecule has 4 heterocycles. The molecule has 2 atom stereocenters. The molecule has 10 nitrogen and oxygen atoms in total.